The van der Waals surface area contributed by atoms with Crippen LogP contribution in [0.1, 0.15) is 67.2 Å². The molecule has 0 aromatic carbocycles. The molecular weight excluding hydrogens is 424 g/mol. The fraction of sp³-hybridized carbons (Fsp3) is 0.750. The van der Waals surface area contributed by atoms with Crippen molar-refractivity contribution in [1.82, 2.24) is 10.6 Å². The summed E-state index contributed by atoms with van der Waals surface area (Å²) in [5.74, 6) is -2.90. The van der Waals surface area contributed by atoms with Crippen molar-refractivity contribution in [2.45, 2.75) is 90.6 Å². The number of nitrogens with one attached hydrogen (secondary N) is 2. The van der Waals surface area contributed by atoms with Gasteiger partial charge in [-0.1, -0.05) is 0 Å². The van der Waals surface area contributed by atoms with Gasteiger partial charge in [-0.15, -0.1) is 0 Å². The van der Waals surface area contributed by atoms with E-state index in [0.29, 0.717) is 12.8 Å². The van der Waals surface area contributed by atoms with Gasteiger partial charge in [0.15, 0.2) is 6.10 Å². The summed E-state index contributed by atoms with van der Waals surface area (Å²) < 4.78 is 15.3. The molecule has 0 fully saturated rings. The highest BCUT2D eigenvalue weighted by Gasteiger charge is 2.30. The lowest BCUT2D eigenvalue weighted by molar-refractivity contribution is -0.158. The Labute approximate surface area is 188 Å². The number of nitrogens with two attached hydrogens (primary N) is 2. The zero-order valence-corrected chi connectivity index (χ0v) is 19.6. The Morgan fingerprint density at radius 2 is 1.38 bits per heavy atom. The van der Waals surface area contributed by atoms with Crippen molar-refractivity contribution in [3.63, 3.8) is 0 Å². The average molecular weight is 461 g/mol. The van der Waals surface area contributed by atoms with E-state index in [1.54, 1.807) is 41.5 Å². The predicted octanol–water partition coefficient (Wildman–Crippen LogP) is 0.847. The number of hydrogen-bond acceptors (Lipinski definition) is 8. The molecule has 0 saturated carbocycles. The molecule has 0 radical (unpaired) electrons. The van der Waals surface area contributed by atoms with Gasteiger partial charge in [-0.3, -0.25) is 9.59 Å². The number of carbonyl (C=O) groups excluding carboxylic acids is 5. The monoisotopic (exact) mass is 460 g/mol. The largest absolute Gasteiger partial charge is 0.450 e. The van der Waals surface area contributed by atoms with Crippen LogP contribution in [-0.4, -0.2) is 59.9 Å². The van der Waals surface area contributed by atoms with Crippen molar-refractivity contribution >= 4 is 30.0 Å². The predicted molar refractivity (Wildman–Crippen MR) is 114 cm³/mol. The third kappa shape index (κ3) is 14.9. The molecule has 0 aromatic heterocycles. The molecule has 4 amide bonds. The second kappa shape index (κ2) is 12.7. The first-order valence-corrected chi connectivity index (χ1v) is 10.2. The number of ether oxygens (including phenoxy) is 3. The van der Waals surface area contributed by atoms with E-state index in [-0.39, 0.29) is 13.0 Å². The summed E-state index contributed by atoms with van der Waals surface area (Å²) in [6, 6.07) is -1.18. The molecule has 0 rings (SSSR count). The molecule has 0 bridgehead atoms. The molecule has 32 heavy (non-hydrogen) atoms. The fourth-order valence-electron chi connectivity index (χ4n) is 2.28. The van der Waals surface area contributed by atoms with Gasteiger partial charge in [-0.2, -0.15) is 0 Å². The first kappa shape index (κ1) is 28.9. The van der Waals surface area contributed by atoms with Crippen LogP contribution in [0.15, 0.2) is 0 Å². The van der Waals surface area contributed by atoms with E-state index in [1.165, 1.54) is 0 Å². The van der Waals surface area contributed by atoms with Crippen molar-refractivity contribution in [2.75, 3.05) is 6.54 Å². The van der Waals surface area contributed by atoms with Crippen molar-refractivity contribution in [3.05, 3.63) is 0 Å². The number of esters is 1. The van der Waals surface area contributed by atoms with Crippen molar-refractivity contribution in [2.24, 2.45) is 11.5 Å². The van der Waals surface area contributed by atoms with E-state index in [4.69, 9.17) is 25.7 Å². The SMILES string of the molecule is CC(C)(C)OC(=O)NCCCC[C@H](NC(=O)OC(C)(C)C)C(=O)OC(CC(N)=O)C(N)=O. The molecule has 0 aliphatic carbocycles. The summed E-state index contributed by atoms with van der Waals surface area (Å²) in [5, 5.41) is 4.97. The zero-order chi connectivity index (χ0) is 25.1. The van der Waals surface area contributed by atoms with Crippen LogP contribution >= 0.6 is 0 Å². The van der Waals surface area contributed by atoms with E-state index < -0.39 is 59.7 Å². The second-order valence-electron chi connectivity index (χ2n) is 9.12. The van der Waals surface area contributed by atoms with Crippen LogP contribution in [0.3, 0.4) is 0 Å². The zero-order valence-electron chi connectivity index (χ0n) is 19.6. The number of amides is 4. The first-order chi connectivity index (χ1) is 14.5. The van der Waals surface area contributed by atoms with E-state index in [1.807, 2.05) is 0 Å². The van der Waals surface area contributed by atoms with Crippen LogP contribution in [0.2, 0.25) is 0 Å². The van der Waals surface area contributed by atoms with Gasteiger partial charge in [-0.05, 0) is 60.8 Å². The molecule has 184 valence electrons. The second-order valence-corrected chi connectivity index (χ2v) is 9.12. The van der Waals surface area contributed by atoms with Crippen molar-refractivity contribution in [1.29, 1.82) is 0 Å². The molecule has 0 aliphatic rings. The molecule has 12 heteroatoms. The minimum absolute atomic E-state index is 0.107. The van der Waals surface area contributed by atoms with Gasteiger partial charge in [0.1, 0.15) is 17.2 Å². The van der Waals surface area contributed by atoms with Crippen LogP contribution in [0.5, 0.6) is 0 Å². The van der Waals surface area contributed by atoms with E-state index in [0.717, 1.165) is 0 Å². The van der Waals surface area contributed by atoms with Crippen LogP contribution in [0.4, 0.5) is 9.59 Å². The fourth-order valence-corrected chi connectivity index (χ4v) is 2.28. The van der Waals surface area contributed by atoms with Gasteiger partial charge in [0, 0.05) is 6.54 Å². The molecule has 0 spiro atoms. The van der Waals surface area contributed by atoms with Gasteiger partial charge in [0.05, 0.1) is 6.42 Å². The van der Waals surface area contributed by atoms with Gasteiger partial charge in [-0.25, -0.2) is 14.4 Å². The molecular formula is C20H36N4O8. The highest BCUT2D eigenvalue weighted by atomic mass is 16.6. The Balaban J connectivity index is 4.94. The normalized spacial score (nSPS) is 13.3. The number of rotatable bonds is 11. The van der Waals surface area contributed by atoms with Gasteiger partial charge in [0.2, 0.25) is 5.91 Å². The highest BCUT2D eigenvalue weighted by Crippen LogP contribution is 2.11. The van der Waals surface area contributed by atoms with Gasteiger partial charge < -0.3 is 36.3 Å². The Hall–Kier alpha value is -3.05. The van der Waals surface area contributed by atoms with E-state index in [9.17, 15) is 24.0 Å². The summed E-state index contributed by atoms with van der Waals surface area (Å²) in [4.78, 5) is 58.8. The number of hydrogen-bond donors (Lipinski definition) is 4. The molecule has 12 nitrogen and oxygen atoms in total. The molecule has 0 heterocycles. The summed E-state index contributed by atoms with van der Waals surface area (Å²) >= 11 is 0. The van der Waals surface area contributed by atoms with Gasteiger partial charge in [0.25, 0.3) is 5.91 Å². The lowest BCUT2D eigenvalue weighted by Gasteiger charge is -2.24. The Morgan fingerprint density at radius 3 is 1.84 bits per heavy atom. The maximum atomic E-state index is 12.5. The summed E-state index contributed by atoms with van der Waals surface area (Å²) in [6.45, 7) is 10.4. The van der Waals surface area contributed by atoms with Gasteiger partial charge >= 0.3 is 18.2 Å². The standard InChI is InChI=1S/C20H36N4O8/c1-19(2,3)31-17(28)23-10-8-7-9-12(24-18(29)32-20(4,5)6)16(27)30-13(15(22)26)11-14(21)25/h12-13H,7-11H2,1-6H3,(H2,21,25)(H2,22,26)(H,23,28)(H,24,29)/t12-,13?/m0/s1. The summed E-state index contributed by atoms with van der Waals surface area (Å²) in [5.41, 5.74) is 8.74. The van der Waals surface area contributed by atoms with Crippen molar-refractivity contribution in [3.8, 4) is 0 Å². The quantitative estimate of drug-likeness (QED) is 0.198. The Kier molecular flexibility index (Phi) is 11.5. The number of unbranched alkanes of at least 4 members (excludes halogenated alkanes) is 1. The van der Waals surface area contributed by atoms with E-state index >= 15 is 0 Å². The maximum absolute atomic E-state index is 12.5. The lowest BCUT2D eigenvalue weighted by Crippen LogP contribution is -2.47. The highest BCUT2D eigenvalue weighted by molar-refractivity contribution is 5.89. The van der Waals surface area contributed by atoms with Crippen LogP contribution in [0, 0.1) is 0 Å². The third-order valence-corrected chi connectivity index (χ3v) is 3.53. The average Bonchev–Trinajstić information content (AvgIpc) is 2.55. The Bertz CT molecular complexity index is 682. The minimum Gasteiger partial charge on any atom is -0.450 e. The third-order valence-electron chi connectivity index (χ3n) is 3.53. The van der Waals surface area contributed by atoms with Crippen LogP contribution < -0.4 is 22.1 Å². The number of alkyl carbamates (subject to hydrolysis) is 2. The first-order valence-electron chi connectivity index (χ1n) is 10.2. The van der Waals surface area contributed by atoms with Crippen LogP contribution in [0.25, 0.3) is 0 Å². The van der Waals surface area contributed by atoms with Crippen LogP contribution in [-0.2, 0) is 28.6 Å². The Morgan fingerprint density at radius 1 is 0.844 bits per heavy atom. The number of carbonyl (C=O) groups is 5. The molecule has 0 saturated heterocycles. The molecule has 6 N–H and O–H groups in total. The number of primary amides is 2. The van der Waals surface area contributed by atoms with Crippen molar-refractivity contribution < 1.29 is 38.2 Å². The lowest BCUT2D eigenvalue weighted by atomic mass is 10.1. The molecule has 0 aromatic rings. The maximum Gasteiger partial charge on any atom is 0.408 e. The molecule has 1 unspecified atom stereocenters. The molecule has 0 aliphatic heterocycles. The topological polar surface area (TPSA) is 189 Å². The smallest absolute Gasteiger partial charge is 0.408 e. The van der Waals surface area contributed by atoms with E-state index in [2.05, 4.69) is 10.6 Å². The molecule has 2 atom stereocenters. The summed E-state index contributed by atoms with van der Waals surface area (Å²) in [6.07, 6.45) is -2.62. The minimum atomic E-state index is -1.56. The summed E-state index contributed by atoms with van der Waals surface area (Å²) in [7, 11) is 0.